The van der Waals surface area contributed by atoms with E-state index in [4.69, 9.17) is 16.3 Å². The Kier molecular flexibility index (Phi) is 6.13. The molecule has 0 unspecified atom stereocenters. The van der Waals surface area contributed by atoms with Crippen LogP contribution in [0.3, 0.4) is 0 Å². The van der Waals surface area contributed by atoms with Gasteiger partial charge in [0.1, 0.15) is 5.69 Å². The molecule has 0 saturated carbocycles. The van der Waals surface area contributed by atoms with Gasteiger partial charge in [0.25, 0.3) is 5.91 Å². The van der Waals surface area contributed by atoms with E-state index in [1.165, 1.54) is 0 Å². The van der Waals surface area contributed by atoms with Crippen molar-refractivity contribution in [3.8, 4) is 11.3 Å². The molecule has 1 aromatic carbocycles. The van der Waals surface area contributed by atoms with Gasteiger partial charge >= 0.3 is 0 Å². The fourth-order valence-electron chi connectivity index (χ4n) is 3.62. The van der Waals surface area contributed by atoms with E-state index < -0.39 is 0 Å². The summed E-state index contributed by atoms with van der Waals surface area (Å²) in [4.78, 5) is 31.0. The topological polar surface area (TPSA) is 81.8 Å². The van der Waals surface area contributed by atoms with Crippen molar-refractivity contribution in [3.05, 3.63) is 41.0 Å². The maximum Gasteiger partial charge on any atom is 0.272 e. The number of halogens is 1. The lowest BCUT2D eigenvalue weighted by molar-refractivity contribution is -0.134. The second-order valence-corrected chi connectivity index (χ2v) is 7.62. The third kappa shape index (κ3) is 4.60. The summed E-state index contributed by atoms with van der Waals surface area (Å²) in [6.07, 6.45) is 0. The quantitative estimate of drug-likeness (QED) is 0.812. The van der Waals surface area contributed by atoms with E-state index in [-0.39, 0.29) is 11.8 Å². The smallest absolute Gasteiger partial charge is 0.272 e. The molecule has 2 saturated heterocycles. The van der Waals surface area contributed by atoms with Crippen LogP contribution in [0, 0.1) is 0 Å². The highest BCUT2D eigenvalue weighted by Gasteiger charge is 2.27. The molecule has 0 atom stereocenters. The zero-order chi connectivity index (χ0) is 20.2. The Labute approximate surface area is 174 Å². The number of aromatic amines is 1. The molecule has 0 radical (unpaired) electrons. The van der Waals surface area contributed by atoms with Gasteiger partial charge in [0.15, 0.2) is 0 Å². The van der Waals surface area contributed by atoms with Crippen molar-refractivity contribution in [2.24, 2.45) is 0 Å². The highest BCUT2D eigenvalue weighted by Crippen LogP contribution is 2.26. The molecule has 1 N–H and O–H groups in total. The maximum atomic E-state index is 12.8. The molecule has 29 heavy (non-hydrogen) atoms. The van der Waals surface area contributed by atoms with Crippen LogP contribution in [0.25, 0.3) is 11.3 Å². The summed E-state index contributed by atoms with van der Waals surface area (Å²) in [5.41, 5.74) is 1.84. The number of rotatable bonds is 4. The molecule has 9 heteroatoms. The van der Waals surface area contributed by atoms with E-state index >= 15 is 0 Å². The van der Waals surface area contributed by atoms with Gasteiger partial charge in [-0.3, -0.25) is 19.6 Å². The average Bonchev–Trinajstić information content (AvgIpc) is 3.24. The third-order valence-electron chi connectivity index (χ3n) is 5.34. The van der Waals surface area contributed by atoms with Crippen molar-refractivity contribution in [3.63, 3.8) is 0 Å². The predicted octanol–water partition coefficient (Wildman–Crippen LogP) is 1.35. The van der Waals surface area contributed by atoms with Crippen molar-refractivity contribution in [2.45, 2.75) is 0 Å². The molecule has 4 rings (SSSR count). The number of morpholine rings is 1. The number of aromatic nitrogens is 2. The SMILES string of the molecule is O=C(CN1CCOCC1)N1CCN(C(=O)c2cc(-c3ccccc3Cl)n[nH]2)CC1. The number of ether oxygens (including phenoxy) is 1. The van der Waals surface area contributed by atoms with Gasteiger partial charge in [0.05, 0.1) is 30.5 Å². The number of H-pyrrole nitrogens is 1. The van der Waals surface area contributed by atoms with Gasteiger partial charge in [-0.1, -0.05) is 29.8 Å². The summed E-state index contributed by atoms with van der Waals surface area (Å²) in [5, 5.41) is 7.64. The van der Waals surface area contributed by atoms with Crippen LogP contribution in [-0.2, 0) is 9.53 Å². The van der Waals surface area contributed by atoms with Crippen LogP contribution in [0.1, 0.15) is 10.5 Å². The second kappa shape index (κ2) is 8.94. The fourth-order valence-corrected chi connectivity index (χ4v) is 3.85. The monoisotopic (exact) mass is 417 g/mol. The molecule has 2 fully saturated rings. The zero-order valence-corrected chi connectivity index (χ0v) is 16.9. The highest BCUT2D eigenvalue weighted by molar-refractivity contribution is 6.33. The Morgan fingerprint density at radius 1 is 1.03 bits per heavy atom. The number of carbonyl (C=O) groups excluding carboxylic acids is 2. The molecule has 2 aromatic rings. The number of piperazine rings is 1. The maximum absolute atomic E-state index is 12.8. The lowest BCUT2D eigenvalue weighted by atomic mass is 10.1. The van der Waals surface area contributed by atoms with E-state index in [2.05, 4.69) is 15.1 Å². The summed E-state index contributed by atoms with van der Waals surface area (Å²) in [6.45, 7) is 5.45. The Balaban J connectivity index is 1.32. The lowest BCUT2D eigenvalue weighted by Crippen LogP contribution is -2.53. The summed E-state index contributed by atoms with van der Waals surface area (Å²) in [7, 11) is 0. The Morgan fingerprint density at radius 2 is 1.72 bits per heavy atom. The van der Waals surface area contributed by atoms with Crippen LogP contribution in [-0.4, -0.2) is 95.7 Å². The van der Waals surface area contributed by atoms with E-state index in [1.54, 1.807) is 17.0 Å². The number of amides is 2. The van der Waals surface area contributed by atoms with Gasteiger partial charge in [-0.25, -0.2) is 0 Å². The molecule has 0 aliphatic carbocycles. The van der Waals surface area contributed by atoms with Crippen molar-refractivity contribution in [2.75, 3.05) is 59.0 Å². The van der Waals surface area contributed by atoms with Gasteiger partial charge in [0, 0.05) is 44.8 Å². The first-order valence-corrected chi connectivity index (χ1v) is 10.2. The first kappa shape index (κ1) is 19.9. The van der Waals surface area contributed by atoms with Crippen LogP contribution < -0.4 is 0 Å². The molecule has 8 nitrogen and oxygen atoms in total. The minimum Gasteiger partial charge on any atom is -0.379 e. The number of hydrogen-bond donors (Lipinski definition) is 1. The van der Waals surface area contributed by atoms with Crippen molar-refractivity contribution in [1.29, 1.82) is 0 Å². The van der Waals surface area contributed by atoms with Crippen LogP contribution in [0.2, 0.25) is 5.02 Å². The highest BCUT2D eigenvalue weighted by atomic mass is 35.5. The minimum absolute atomic E-state index is 0.113. The largest absolute Gasteiger partial charge is 0.379 e. The number of nitrogens with zero attached hydrogens (tertiary/aromatic N) is 4. The Bertz CT molecular complexity index is 873. The average molecular weight is 418 g/mol. The molecule has 154 valence electrons. The van der Waals surface area contributed by atoms with E-state index in [0.717, 1.165) is 18.7 Å². The van der Waals surface area contributed by atoms with Gasteiger partial charge < -0.3 is 14.5 Å². The van der Waals surface area contributed by atoms with Crippen LogP contribution in [0.15, 0.2) is 30.3 Å². The van der Waals surface area contributed by atoms with Gasteiger partial charge in [-0.05, 0) is 12.1 Å². The van der Waals surface area contributed by atoms with Crippen molar-refractivity contribution < 1.29 is 14.3 Å². The molecule has 2 amide bonds. The van der Waals surface area contributed by atoms with E-state index in [0.29, 0.717) is 62.3 Å². The minimum atomic E-state index is -0.115. The molecular weight excluding hydrogens is 394 g/mol. The Hall–Kier alpha value is -2.42. The zero-order valence-electron chi connectivity index (χ0n) is 16.1. The fraction of sp³-hybridized carbons (Fsp3) is 0.450. The number of hydrogen-bond acceptors (Lipinski definition) is 5. The van der Waals surface area contributed by atoms with E-state index in [1.807, 2.05) is 23.1 Å². The van der Waals surface area contributed by atoms with Gasteiger partial charge in [-0.15, -0.1) is 0 Å². The van der Waals surface area contributed by atoms with Crippen LogP contribution in [0.5, 0.6) is 0 Å². The van der Waals surface area contributed by atoms with Crippen LogP contribution >= 0.6 is 11.6 Å². The summed E-state index contributed by atoms with van der Waals surface area (Å²) >= 11 is 6.21. The molecule has 2 aliphatic rings. The van der Waals surface area contributed by atoms with Crippen molar-refractivity contribution >= 4 is 23.4 Å². The summed E-state index contributed by atoms with van der Waals surface area (Å²) in [6, 6.07) is 9.11. The van der Waals surface area contributed by atoms with Crippen molar-refractivity contribution in [1.82, 2.24) is 24.9 Å². The first-order valence-electron chi connectivity index (χ1n) is 9.79. The number of benzene rings is 1. The van der Waals surface area contributed by atoms with Gasteiger partial charge in [0.2, 0.25) is 5.91 Å². The molecule has 1 aromatic heterocycles. The molecule has 2 aliphatic heterocycles. The number of carbonyl (C=O) groups is 2. The molecule has 3 heterocycles. The van der Waals surface area contributed by atoms with Crippen LogP contribution in [0.4, 0.5) is 0 Å². The number of nitrogens with one attached hydrogen (secondary N) is 1. The Morgan fingerprint density at radius 3 is 2.45 bits per heavy atom. The summed E-state index contributed by atoms with van der Waals surface area (Å²) in [5.74, 6) is -0.00220. The molecular formula is C20H24ClN5O3. The third-order valence-corrected chi connectivity index (χ3v) is 5.67. The lowest BCUT2D eigenvalue weighted by Gasteiger charge is -2.36. The summed E-state index contributed by atoms with van der Waals surface area (Å²) < 4.78 is 5.32. The standard InChI is InChI=1S/C20H24ClN5O3/c21-16-4-2-1-3-15(16)17-13-18(23-22-17)20(28)26-7-5-25(6-8-26)19(27)14-24-9-11-29-12-10-24/h1-4,13H,5-12,14H2,(H,22,23). The normalized spacial score (nSPS) is 18.1. The van der Waals surface area contributed by atoms with Gasteiger partial charge in [-0.2, -0.15) is 5.10 Å². The first-order chi connectivity index (χ1) is 14.1. The molecule has 0 spiro atoms. The second-order valence-electron chi connectivity index (χ2n) is 7.21. The predicted molar refractivity (Wildman–Crippen MR) is 109 cm³/mol. The van der Waals surface area contributed by atoms with E-state index in [9.17, 15) is 9.59 Å². The molecule has 0 bridgehead atoms.